The van der Waals surface area contributed by atoms with Gasteiger partial charge in [0.15, 0.2) is 5.82 Å². The van der Waals surface area contributed by atoms with E-state index in [4.69, 9.17) is 10.6 Å². The topological polar surface area (TPSA) is 116 Å². The quantitative estimate of drug-likeness (QED) is 0.493. The average molecular weight is 293 g/mol. The van der Waals surface area contributed by atoms with E-state index in [1.165, 1.54) is 12.1 Å². The summed E-state index contributed by atoms with van der Waals surface area (Å²) in [6.45, 7) is 1.81. The second-order valence-electron chi connectivity index (χ2n) is 3.95. The van der Waals surface area contributed by atoms with Crippen molar-refractivity contribution in [1.29, 1.82) is 0 Å². The molecule has 0 saturated carbocycles. The number of aromatic nitrogens is 2. The van der Waals surface area contributed by atoms with Gasteiger partial charge in [-0.05, 0) is 6.07 Å². The Morgan fingerprint density at radius 1 is 1.48 bits per heavy atom. The third-order valence-electron chi connectivity index (χ3n) is 2.56. The van der Waals surface area contributed by atoms with E-state index in [2.05, 4.69) is 15.4 Å². The van der Waals surface area contributed by atoms with E-state index in [-0.39, 0.29) is 11.7 Å². The van der Waals surface area contributed by atoms with Crippen LogP contribution in [0.2, 0.25) is 0 Å². The van der Waals surface area contributed by atoms with Crippen molar-refractivity contribution in [3.05, 3.63) is 46.0 Å². The Balaban J connectivity index is 2.45. The van der Waals surface area contributed by atoms with Crippen LogP contribution in [-0.4, -0.2) is 14.9 Å². The fourth-order valence-electron chi connectivity index (χ4n) is 1.60. The van der Waals surface area contributed by atoms with Gasteiger partial charge in [0, 0.05) is 18.6 Å². The molecule has 0 amide bonds. The number of nitro benzene ring substituents is 1. The van der Waals surface area contributed by atoms with Crippen molar-refractivity contribution in [3.8, 4) is 11.6 Å². The molecule has 0 aliphatic heterocycles. The third kappa shape index (κ3) is 3.20. The first-order valence-electron chi connectivity index (χ1n) is 6.00. The average Bonchev–Trinajstić information content (AvgIpc) is 2.48. The van der Waals surface area contributed by atoms with Crippen molar-refractivity contribution in [3.63, 3.8) is 0 Å². The summed E-state index contributed by atoms with van der Waals surface area (Å²) in [5, 5.41) is 10.9. The molecule has 0 saturated heterocycles. The minimum atomic E-state index is -0.858. The van der Waals surface area contributed by atoms with E-state index in [1.54, 1.807) is 0 Å². The molecule has 0 spiro atoms. The molecule has 2 aromatic rings. The molecule has 0 fully saturated rings. The summed E-state index contributed by atoms with van der Waals surface area (Å²) < 4.78 is 19.0. The number of para-hydroxylation sites is 1. The van der Waals surface area contributed by atoms with Crippen LogP contribution >= 0.6 is 0 Å². The van der Waals surface area contributed by atoms with Crippen molar-refractivity contribution in [2.45, 2.75) is 13.3 Å². The summed E-state index contributed by atoms with van der Waals surface area (Å²) in [4.78, 5) is 18.2. The number of ether oxygens (including phenoxy) is 1. The van der Waals surface area contributed by atoms with Gasteiger partial charge in [-0.3, -0.25) is 10.1 Å². The zero-order valence-corrected chi connectivity index (χ0v) is 11.0. The van der Waals surface area contributed by atoms with Gasteiger partial charge in [-0.2, -0.15) is 4.98 Å². The Bertz CT molecular complexity index is 658. The molecule has 0 aliphatic carbocycles. The first-order valence-corrected chi connectivity index (χ1v) is 6.00. The van der Waals surface area contributed by atoms with E-state index in [9.17, 15) is 14.5 Å². The number of aryl methyl sites for hydroxylation is 1. The normalized spacial score (nSPS) is 10.2. The Kier molecular flexibility index (Phi) is 4.24. The third-order valence-corrected chi connectivity index (χ3v) is 2.56. The standard InChI is InChI=1S/C12H12FN5O3/c1-2-9-15-10(17-14)6-11(16-9)21-12-7(13)4-3-5-8(12)18(19)20/h3-6H,2,14H2,1H3,(H,15,16,17). The molecule has 21 heavy (non-hydrogen) atoms. The molecule has 0 bridgehead atoms. The van der Waals surface area contributed by atoms with Gasteiger partial charge in [0.25, 0.3) is 0 Å². The van der Waals surface area contributed by atoms with Crippen molar-refractivity contribution >= 4 is 11.5 Å². The molecule has 2 rings (SSSR count). The van der Waals surface area contributed by atoms with Gasteiger partial charge in [0.05, 0.1) is 4.92 Å². The lowest BCUT2D eigenvalue weighted by molar-refractivity contribution is -0.385. The summed E-state index contributed by atoms with van der Waals surface area (Å²) in [7, 11) is 0. The maximum absolute atomic E-state index is 13.7. The van der Waals surface area contributed by atoms with Crippen LogP contribution in [0.4, 0.5) is 15.9 Å². The Morgan fingerprint density at radius 2 is 2.24 bits per heavy atom. The van der Waals surface area contributed by atoms with Crippen molar-refractivity contribution in [2.75, 3.05) is 5.43 Å². The highest BCUT2D eigenvalue weighted by atomic mass is 19.1. The lowest BCUT2D eigenvalue weighted by Gasteiger charge is -2.09. The fourth-order valence-corrected chi connectivity index (χ4v) is 1.60. The van der Waals surface area contributed by atoms with E-state index in [1.807, 2.05) is 6.92 Å². The monoisotopic (exact) mass is 293 g/mol. The molecule has 8 nitrogen and oxygen atoms in total. The minimum Gasteiger partial charge on any atom is -0.428 e. The molecule has 110 valence electrons. The number of hydrazine groups is 1. The first kappa shape index (κ1) is 14.6. The summed E-state index contributed by atoms with van der Waals surface area (Å²) in [6, 6.07) is 4.74. The highest BCUT2D eigenvalue weighted by molar-refractivity contribution is 5.49. The second-order valence-corrected chi connectivity index (χ2v) is 3.95. The molecule has 3 N–H and O–H groups in total. The smallest absolute Gasteiger partial charge is 0.314 e. The van der Waals surface area contributed by atoms with Crippen LogP contribution in [0.15, 0.2) is 24.3 Å². The van der Waals surface area contributed by atoms with Gasteiger partial charge in [0.2, 0.25) is 11.6 Å². The van der Waals surface area contributed by atoms with Crippen molar-refractivity contribution in [1.82, 2.24) is 9.97 Å². The number of hydrogen-bond donors (Lipinski definition) is 2. The van der Waals surface area contributed by atoms with Crippen LogP contribution < -0.4 is 16.0 Å². The molecule has 0 aliphatic rings. The van der Waals surface area contributed by atoms with E-state index in [0.717, 1.165) is 12.1 Å². The van der Waals surface area contributed by atoms with Gasteiger partial charge in [-0.25, -0.2) is 15.2 Å². The summed E-state index contributed by atoms with van der Waals surface area (Å²) in [5.41, 5.74) is 1.83. The van der Waals surface area contributed by atoms with Crippen LogP contribution in [0.3, 0.4) is 0 Å². The molecule has 1 aromatic carbocycles. The van der Waals surface area contributed by atoms with Gasteiger partial charge < -0.3 is 10.2 Å². The fraction of sp³-hybridized carbons (Fsp3) is 0.167. The van der Waals surface area contributed by atoms with Gasteiger partial charge in [-0.15, -0.1) is 0 Å². The number of nitrogens with two attached hydrogens (primary N) is 1. The number of anilines is 1. The maximum Gasteiger partial charge on any atom is 0.314 e. The summed E-state index contributed by atoms with van der Waals surface area (Å²) in [5.74, 6) is 4.52. The molecule has 1 heterocycles. The van der Waals surface area contributed by atoms with Crippen LogP contribution in [0.1, 0.15) is 12.7 Å². The molecular weight excluding hydrogens is 281 g/mol. The maximum atomic E-state index is 13.7. The minimum absolute atomic E-state index is 0.0389. The Labute approximate surface area is 118 Å². The van der Waals surface area contributed by atoms with Crippen molar-refractivity contribution < 1.29 is 14.1 Å². The summed E-state index contributed by atoms with van der Waals surface area (Å²) >= 11 is 0. The molecular formula is C12H12FN5O3. The molecule has 9 heteroatoms. The Hall–Kier alpha value is -2.81. The van der Waals surface area contributed by atoms with Crippen LogP contribution in [0.25, 0.3) is 0 Å². The number of nitrogens with zero attached hydrogens (tertiary/aromatic N) is 3. The SMILES string of the molecule is CCc1nc(NN)cc(Oc2c(F)cccc2[N+](=O)[O-])n1. The highest BCUT2D eigenvalue weighted by Gasteiger charge is 2.21. The lowest BCUT2D eigenvalue weighted by Crippen LogP contribution is -2.10. The number of halogens is 1. The van der Waals surface area contributed by atoms with Crippen LogP contribution in [0.5, 0.6) is 11.6 Å². The van der Waals surface area contributed by atoms with E-state index < -0.39 is 22.2 Å². The number of rotatable bonds is 5. The van der Waals surface area contributed by atoms with Gasteiger partial charge in [0.1, 0.15) is 11.6 Å². The molecule has 0 radical (unpaired) electrons. The molecule has 0 unspecified atom stereocenters. The number of hydrogen-bond acceptors (Lipinski definition) is 7. The Morgan fingerprint density at radius 3 is 2.86 bits per heavy atom. The molecule has 0 atom stereocenters. The van der Waals surface area contributed by atoms with Crippen molar-refractivity contribution in [2.24, 2.45) is 5.84 Å². The van der Waals surface area contributed by atoms with Gasteiger partial charge >= 0.3 is 5.69 Å². The number of nitrogens with one attached hydrogen (secondary N) is 1. The largest absolute Gasteiger partial charge is 0.428 e. The van der Waals surface area contributed by atoms with Crippen LogP contribution in [-0.2, 0) is 6.42 Å². The zero-order valence-electron chi connectivity index (χ0n) is 11.0. The number of nitrogen functional groups attached to an aromatic ring is 1. The highest BCUT2D eigenvalue weighted by Crippen LogP contribution is 2.33. The predicted molar refractivity (Wildman–Crippen MR) is 72.3 cm³/mol. The number of nitro groups is 1. The molecule has 1 aromatic heterocycles. The van der Waals surface area contributed by atoms with Gasteiger partial charge in [-0.1, -0.05) is 13.0 Å². The zero-order chi connectivity index (χ0) is 15.4. The lowest BCUT2D eigenvalue weighted by atomic mass is 10.3. The van der Waals surface area contributed by atoms with E-state index >= 15 is 0 Å². The van der Waals surface area contributed by atoms with E-state index in [0.29, 0.717) is 12.2 Å². The first-order chi connectivity index (χ1) is 10.0. The predicted octanol–water partition coefficient (Wildman–Crippen LogP) is 2.16. The number of benzene rings is 1. The summed E-state index contributed by atoms with van der Waals surface area (Å²) in [6.07, 6.45) is 0.491. The second kappa shape index (κ2) is 6.09. The van der Waals surface area contributed by atoms with Crippen LogP contribution in [0, 0.1) is 15.9 Å².